The van der Waals surface area contributed by atoms with Crippen molar-refractivity contribution in [3.05, 3.63) is 71.1 Å². The number of furan rings is 1. The minimum absolute atomic E-state index is 0.0823. The summed E-state index contributed by atoms with van der Waals surface area (Å²) in [5.41, 5.74) is 7.96. The Kier molecular flexibility index (Phi) is 3.14. The van der Waals surface area contributed by atoms with Crippen molar-refractivity contribution in [3.63, 3.8) is 0 Å². The summed E-state index contributed by atoms with van der Waals surface area (Å²) >= 11 is 0. The fourth-order valence-electron chi connectivity index (χ4n) is 2.90. The number of nitrogens with one attached hydrogen (secondary N) is 2. The fourth-order valence-corrected chi connectivity index (χ4v) is 2.90. The van der Waals surface area contributed by atoms with Gasteiger partial charge in [0.15, 0.2) is 0 Å². The van der Waals surface area contributed by atoms with Crippen LogP contribution in [0.25, 0.3) is 11.4 Å². The van der Waals surface area contributed by atoms with Crippen LogP contribution in [0.4, 0.5) is 0 Å². The number of hydrogen-bond acceptors (Lipinski definition) is 4. The molecule has 3 aromatic rings. The first-order valence-corrected chi connectivity index (χ1v) is 7.52. The number of allylic oxidation sites excluding steroid dienone is 1. The van der Waals surface area contributed by atoms with Crippen LogP contribution in [0, 0.1) is 18.3 Å². The molecule has 0 spiro atoms. The van der Waals surface area contributed by atoms with Crippen LogP contribution in [0.2, 0.25) is 0 Å². The van der Waals surface area contributed by atoms with E-state index in [4.69, 9.17) is 14.9 Å². The molecule has 1 aromatic carbocycles. The Morgan fingerprint density at radius 2 is 2.00 bits per heavy atom. The first-order chi connectivity index (χ1) is 11.7. The Bertz CT molecular complexity index is 976. The van der Waals surface area contributed by atoms with Crippen LogP contribution in [0.15, 0.2) is 58.3 Å². The second-order valence-corrected chi connectivity index (χ2v) is 5.61. The van der Waals surface area contributed by atoms with Gasteiger partial charge >= 0.3 is 5.88 Å². The van der Waals surface area contributed by atoms with Crippen LogP contribution < -0.4 is 15.5 Å². The van der Waals surface area contributed by atoms with E-state index in [9.17, 15) is 5.26 Å². The van der Waals surface area contributed by atoms with Gasteiger partial charge in [-0.05, 0) is 31.2 Å². The van der Waals surface area contributed by atoms with Crippen LogP contribution >= 0.6 is 0 Å². The molecule has 0 bridgehead atoms. The van der Waals surface area contributed by atoms with E-state index in [-0.39, 0.29) is 5.88 Å². The third-order valence-electron chi connectivity index (χ3n) is 4.03. The topological polar surface area (TPSA) is 102 Å². The summed E-state index contributed by atoms with van der Waals surface area (Å²) in [5.74, 6) is 2.34. The van der Waals surface area contributed by atoms with E-state index in [2.05, 4.69) is 16.0 Å². The van der Waals surface area contributed by atoms with Crippen molar-refractivity contribution in [1.29, 1.82) is 5.26 Å². The zero-order valence-corrected chi connectivity index (χ0v) is 13.0. The van der Waals surface area contributed by atoms with Crippen molar-refractivity contribution in [2.45, 2.75) is 12.8 Å². The number of aromatic amines is 2. The number of aryl methyl sites for hydroxylation is 1. The molecule has 6 heteroatoms. The second kappa shape index (κ2) is 5.32. The highest BCUT2D eigenvalue weighted by Gasteiger charge is 2.39. The molecule has 0 saturated carbocycles. The van der Waals surface area contributed by atoms with E-state index in [0.29, 0.717) is 22.9 Å². The number of nitriles is 1. The molecule has 24 heavy (non-hydrogen) atoms. The lowest BCUT2D eigenvalue weighted by Crippen LogP contribution is -2.23. The van der Waals surface area contributed by atoms with E-state index < -0.39 is 5.92 Å². The average Bonchev–Trinajstić information content (AvgIpc) is 3.20. The maximum Gasteiger partial charge on any atom is 0.334 e. The van der Waals surface area contributed by atoms with Gasteiger partial charge in [0, 0.05) is 0 Å². The lowest BCUT2D eigenvalue weighted by Gasteiger charge is -2.17. The zero-order valence-electron chi connectivity index (χ0n) is 13.0. The number of fused-ring (bicyclic) bond motifs is 1. The molecule has 4 rings (SSSR count). The Balaban J connectivity index is 1.87. The average molecular weight is 319 g/mol. The van der Waals surface area contributed by atoms with Crippen molar-refractivity contribution in [2.24, 2.45) is 5.73 Å². The first-order valence-electron chi connectivity index (χ1n) is 7.52. The summed E-state index contributed by atoms with van der Waals surface area (Å²) in [6, 6.07) is 15.6. The van der Waals surface area contributed by atoms with Crippen molar-refractivity contribution >= 4 is 0 Å². The van der Waals surface area contributed by atoms with Crippen molar-refractivity contribution in [3.8, 4) is 23.3 Å². The Labute approximate surface area is 138 Å². The van der Waals surface area contributed by atoms with Gasteiger partial charge in [-0.25, -0.2) is 9.97 Å². The number of ether oxygens (including phenoxy) is 1. The molecule has 1 unspecified atom stereocenters. The summed E-state index contributed by atoms with van der Waals surface area (Å²) in [7, 11) is 0. The lowest BCUT2D eigenvalue weighted by atomic mass is 9.93. The monoisotopic (exact) mass is 319 g/mol. The standard InChI is InChI=1S/C18H14N4O2/c1-10-7-8-13(23-10)14-12(9-19)16(20)24-18-15(14)21-17(22-18)11-5-3-2-4-6-11/h2-8,14H,20H2,1H3,(H,21,22)/p+1. The molecule has 118 valence electrons. The summed E-state index contributed by atoms with van der Waals surface area (Å²) < 4.78 is 11.3. The van der Waals surface area contributed by atoms with Gasteiger partial charge in [-0.2, -0.15) is 5.26 Å². The second-order valence-electron chi connectivity index (χ2n) is 5.61. The van der Waals surface area contributed by atoms with Gasteiger partial charge in [-0.3, -0.25) is 0 Å². The summed E-state index contributed by atoms with van der Waals surface area (Å²) in [6.07, 6.45) is 0. The molecule has 4 N–H and O–H groups in total. The van der Waals surface area contributed by atoms with Gasteiger partial charge in [-0.15, -0.1) is 0 Å². The van der Waals surface area contributed by atoms with Crippen LogP contribution in [0.3, 0.4) is 0 Å². The van der Waals surface area contributed by atoms with Gasteiger partial charge in [0.25, 0.3) is 5.82 Å². The number of nitrogens with two attached hydrogens (primary N) is 1. The third-order valence-corrected chi connectivity index (χ3v) is 4.03. The molecule has 3 heterocycles. The number of aromatic nitrogens is 2. The summed E-state index contributed by atoms with van der Waals surface area (Å²) in [5, 5.41) is 9.52. The molecular weight excluding hydrogens is 304 g/mol. The van der Waals surface area contributed by atoms with Gasteiger partial charge in [-0.1, -0.05) is 18.2 Å². The van der Waals surface area contributed by atoms with Crippen molar-refractivity contribution in [2.75, 3.05) is 0 Å². The smallest absolute Gasteiger partial charge is 0.334 e. The molecule has 0 saturated heterocycles. The molecule has 0 aliphatic carbocycles. The van der Waals surface area contributed by atoms with Crippen LogP contribution in [0.1, 0.15) is 23.1 Å². The van der Waals surface area contributed by atoms with Gasteiger partial charge in [0.1, 0.15) is 29.1 Å². The first kappa shape index (κ1) is 14.2. The van der Waals surface area contributed by atoms with Crippen LogP contribution in [-0.2, 0) is 0 Å². The van der Waals surface area contributed by atoms with E-state index >= 15 is 0 Å². The quantitative estimate of drug-likeness (QED) is 0.758. The van der Waals surface area contributed by atoms with E-state index in [1.165, 1.54) is 0 Å². The highest BCUT2D eigenvalue weighted by molar-refractivity contribution is 5.55. The molecule has 0 amide bonds. The molecule has 1 atom stereocenters. The minimum atomic E-state index is -0.429. The Hall–Kier alpha value is -3.46. The van der Waals surface area contributed by atoms with Crippen LogP contribution in [-0.4, -0.2) is 4.98 Å². The highest BCUT2D eigenvalue weighted by Crippen LogP contribution is 2.40. The number of imidazole rings is 1. The molecule has 0 radical (unpaired) electrons. The summed E-state index contributed by atoms with van der Waals surface area (Å²) in [4.78, 5) is 6.50. The number of benzene rings is 1. The molecule has 1 aliphatic heterocycles. The predicted molar refractivity (Wildman–Crippen MR) is 85.5 cm³/mol. The summed E-state index contributed by atoms with van der Waals surface area (Å²) in [6.45, 7) is 1.86. The molecule has 6 nitrogen and oxygen atoms in total. The third kappa shape index (κ3) is 2.15. The molecule has 0 fully saturated rings. The highest BCUT2D eigenvalue weighted by atomic mass is 16.5. The maximum absolute atomic E-state index is 9.52. The molecular formula is C18H15N4O2+. The fraction of sp³-hybridized carbons (Fsp3) is 0.111. The van der Waals surface area contributed by atoms with Gasteiger partial charge in [0.2, 0.25) is 11.6 Å². The Morgan fingerprint density at radius 3 is 2.67 bits per heavy atom. The predicted octanol–water partition coefficient (Wildman–Crippen LogP) is 2.62. The Morgan fingerprint density at radius 1 is 1.21 bits per heavy atom. The van der Waals surface area contributed by atoms with Crippen molar-refractivity contribution < 1.29 is 14.1 Å². The number of H-pyrrole nitrogens is 2. The van der Waals surface area contributed by atoms with E-state index in [1.807, 2.05) is 49.4 Å². The zero-order chi connectivity index (χ0) is 16.7. The number of hydrogen-bond donors (Lipinski definition) is 2. The largest absolute Gasteiger partial charge is 0.465 e. The molecule has 2 aromatic heterocycles. The SMILES string of the molecule is Cc1ccc(C2C(C#N)=C(N)Oc3[nH+]c(-c4ccccc4)[nH]c32)o1. The maximum atomic E-state index is 9.52. The minimum Gasteiger partial charge on any atom is -0.465 e. The van der Waals surface area contributed by atoms with Gasteiger partial charge in [0.05, 0.1) is 5.56 Å². The number of rotatable bonds is 2. The van der Waals surface area contributed by atoms with E-state index in [1.54, 1.807) is 0 Å². The normalized spacial score (nSPS) is 16.4. The van der Waals surface area contributed by atoms with Crippen molar-refractivity contribution in [1.82, 2.24) is 4.98 Å². The van der Waals surface area contributed by atoms with Gasteiger partial charge < -0.3 is 14.9 Å². The molecule has 1 aliphatic rings. The lowest BCUT2D eigenvalue weighted by molar-refractivity contribution is -0.377. The van der Waals surface area contributed by atoms with E-state index in [0.717, 1.165) is 17.1 Å². The van der Waals surface area contributed by atoms with Crippen LogP contribution in [0.5, 0.6) is 5.88 Å². The number of nitrogens with zero attached hydrogens (tertiary/aromatic N) is 1.